The molecule has 0 aliphatic rings. The van der Waals surface area contributed by atoms with Crippen molar-refractivity contribution in [1.82, 2.24) is 29.1 Å². The Hall–Kier alpha value is -4.76. The minimum absolute atomic E-state index is 0.0885. The molecule has 0 aliphatic carbocycles. The lowest BCUT2D eigenvalue weighted by Crippen LogP contribution is -2.43. The third-order valence-corrected chi connectivity index (χ3v) is 5.72. The Bertz CT molecular complexity index is 1770. The number of fused-ring (bicyclic) bond motifs is 1. The number of nitriles is 1. The third-order valence-electron chi connectivity index (χ3n) is 5.41. The van der Waals surface area contributed by atoms with Gasteiger partial charge in [-0.2, -0.15) is 15.3 Å². The number of hydrogen-bond acceptors (Lipinski definition) is 8. The van der Waals surface area contributed by atoms with E-state index in [2.05, 4.69) is 20.6 Å². The summed E-state index contributed by atoms with van der Waals surface area (Å²) in [7, 11) is 1.77. The minimum Gasteiger partial charge on any atom is -0.364 e. The zero-order valence-electron chi connectivity index (χ0n) is 18.6. The highest BCUT2D eigenvalue weighted by atomic mass is 35.5. The summed E-state index contributed by atoms with van der Waals surface area (Å²) in [5.41, 5.74) is 0.144. The molecule has 5 aromatic rings. The molecule has 0 aliphatic heterocycles. The van der Waals surface area contributed by atoms with Gasteiger partial charge in [0.25, 0.3) is 0 Å². The van der Waals surface area contributed by atoms with Crippen LogP contribution in [-0.4, -0.2) is 29.1 Å². The van der Waals surface area contributed by atoms with Gasteiger partial charge < -0.3 is 9.84 Å². The minimum atomic E-state index is -0.822. The van der Waals surface area contributed by atoms with Crippen molar-refractivity contribution in [3.8, 4) is 6.07 Å². The fraction of sp³-hybridized carbons (Fsp3) is 0.130. The van der Waals surface area contributed by atoms with E-state index in [1.54, 1.807) is 36.1 Å². The number of hydrogen-bond donors (Lipinski definition) is 1. The van der Waals surface area contributed by atoms with Gasteiger partial charge in [0.2, 0.25) is 5.95 Å². The largest absolute Gasteiger partial charge is 0.364 e. The van der Waals surface area contributed by atoms with Crippen LogP contribution in [-0.2, 0) is 20.1 Å². The first kappa shape index (κ1) is 23.0. The van der Waals surface area contributed by atoms with Crippen molar-refractivity contribution in [2.75, 3.05) is 5.32 Å². The van der Waals surface area contributed by atoms with Crippen LogP contribution in [0.15, 0.2) is 63.0 Å². The number of benzene rings is 2. The van der Waals surface area contributed by atoms with E-state index < -0.39 is 17.2 Å². The lowest BCUT2D eigenvalue weighted by atomic mass is 10.1. The summed E-state index contributed by atoms with van der Waals surface area (Å²) in [6, 6.07) is 10.6. The zero-order chi connectivity index (χ0) is 25.4. The third kappa shape index (κ3) is 4.35. The van der Waals surface area contributed by atoms with E-state index in [0.29, 0.717) is 27.5 Å². The van der Waals surface area contributed by atoms with Gasteiger partial charge in [-0.3, -0.25) is 9.25 Å². The molecular weight excluding hydrogens is 491 g/mol. The van der Waals surface area contributed by atoms with E-state index in [0.717, 1.165) is 16.0 Å². The van der Waals surface area contributed by atoms with E-state index in [9.17, 15) is 19.2 Å². The molecule has 3 heterocycles. The zero-order valence-corrected chi connectivity index (χ0v) is 19.4. The molecule has 0 fully saturated rings. The Morgan fingerprint density at radius 2 is 2.00 bits per heavy atom. The van der Waals surface area contributed by atoms with E-state index in [1.165, 1.54) is 29.0 Å². The predicted molar refractivity (Wildman–Crippen MR) is 128 cm³/mol. The molecule has 5 rings (SSSR count). The average molecular weight is 507 g/mol. The van der Waals surface area contributed by atoms with Crippen LogP contribution < -0.4 is 16.7 Å². The predicted octanol–water partition coefficient (Wildman–Crippen LogP) is 2.78. The molecule has 0 saturated carbocycles. The summed E-state index contributed by atoms with van der Waals surface area (Å²) in [5, 5.41) is 21.3. The first-order valence-electron chi connectivity index (χ1n) is 10.5. The summed E-state index contributed by atoms with van der Waals surface area (Å²) >= 11 is 6.43. The summed E-state index contributed by atoms with van der Waals surface area (Å²) in [5.74, 6) is -0.771. The molecule has 0 amide bonds. The number of aromatic nitrogens is 6. The molecule has 180 valence electrons. The summed E-state index contributed by atoms with van der Waals surface area (Å²) in [6.07, 6.45) is 3.11. The van der Waals surface area contributed by atoms with Gasteiger partial charge in [0, 0.05) is 24.7 Å². The fourth-order valence-electron chi connectivity index (χ4n) is 3.71. The number of aryl methyl sites for hydroxylation is 1. The molecule has 0 bridgehead atoms. The lowest BCUT2D eigenvalue weighted by Gasteiger charge is -2.16. The average Bonchev–Trinajstić information content (AvgIpc) is 3.49. The summed E-state index contributed by atoms with van der Waals surface area (Å²) in [6.45, 7) is -0.286. The van der Waals surface area contributed by atoms with Gasteiger partial charge in [-0.1, -0.05) is 22.8 Å². The topological polar surface area (TPSA) is 137 Å². The van der Waals surface area contributed by atoms with Gasteiger partial charge in [-0.05, 0) is 29.8 Å². The Morgan fingerprint density at radius 3 is 2.75 bits per heavy atom. The molecule has 0 saturated heterocycles. The van der Waals surface area contributed by atoms with Gasteiger partial charge >= 0.3 is 11.4 Å². The molecule has 0 atom stereocenters. The molecule has 0 unspecified atom stereocenters. The summed E-state index contributed by atoms with van der Waals surface area (Å²) < 4.78 is 22.4. The van der Waals surface area contributed by atoms with Crippen LogP contribution in [0.2, 0.25) is 5.02 Å². The molecule has 0 spiro atoms. The van der Waals surface area contributed by atoms with Crippen molar-refractivity contribution in [2.24, 2.45) is 7.05 Å². The van der Waals surface area contributed by atoms with Gasteiger partial charge in [0.1, 0.15) is 23.8 Å². The quantitative estimate of drug-likeness (QED) is 0.371. The molecule has 11 nitrogen and oxygen atoms in total. The van der Waals surface area contributed by atoms with Crippen LogP contribution in [0, 0.1) is 17.1 Å². The second-order valence-corrected chi connectivity index (χ2v) is 8.32. The Kier molecular flexibility index (Phi) is 5.83. The van der Waals surface area contributed by atoms with Crippen molar-refractivity contribution in [3.05, 3.63) is 97.5 Å². The molecule has 2 aromatic carbocycles. The van der Waals surface area contributed by atoms with Crippen molar-refractivity contribution in [3.63, 3.8) is 0 Å². The van der Waals surface area contributed by atoms with Crippen LogP contribution in [0.3, 0.4) is 0 Å². The first-order chi connectivity index (χ1) is 17.3. The van der Waals surface area contributed by atoms with Crippen LogP contribution in [0.1, 0.15) is 16.8 Å². The number of rotatable bonds is 6. The van der Waals surface area contributed by atoms with Gasteiger partial charge in [-0.15, -0.1) is 0 Å². The van der Waals surface area contributed by atoms with Crippen LogP contribution in [0.5, 0.6) is 0 Å². The standard InChI is InChI=1S/C23H16ClFN8O3/c1-31-11-15-7-20(17(24)8-19(15)29-31)27-21-28-22(34)33(12-16-4-5-36-30-16)23(35)32(21)10-13-2-3-18(25)14(6-13)9-26/h2-8,11H,10,12H2,1H3,(H,27,28,34). The van der Waals surface area contributed by atoms with Crippen molar-refractivity contribution < 1.29 is 8.91 Å². The Balaban J connectivity index is 1.63. The van der Waals surface area contributed by atoms with E-state index in [-0.39, 0.29) is 24.6 Å². The molecule has 3 aromatic heterocycles. The number of nitrogens with zero attached hydrogens (tertiary/aromatic N) is 7. The molecular formula is C23H16ClFN8O3. The Labute approximate surface area is 206 Å². The highest BCUT2D eigenvalue weighted by molar-refractivity contribution is 6.34. The van der Waals surface area contributed by atoms with Crippen LogP contribution >= 0.6 is 11.6 Å². The van der Waals surface area contributed by atoms with Gasteiger partial charge in [-0.25, -0.2) is 18.5 Å². The second kappa shape index (κ2) is 9.12. The highest BCUT2D eigenvalue weighted by Gasteiger charge is 2.17. The van der Waals surface area contributed by atoms with E-state index in [1.807, 2.05) is 0 Å². The van der Waals surface area contributed by atoms with Crippen molar-refractivity contribution in [2.45, 2.75) is 13.1 Å². The number of halogens is 2. The van der Waals surface area contributed by atoms with Crippen LogP contribution in [0.4, 0.5) is 16.0 Å². The monoisotopic (exact) mass is 506 g/mol. The van der Waals surface area contributed by atoms with Gasteiger partial charge in [0.15, 0.2) is 0 Å². The molecule has 1 N–H and O–H groups in total. The van der Waals surface area contributed by atoms with Gasteiger partial charge in [0.05, 0.1) is 34.9 Å². The smallest absolute Gasteiger partial charge is 0.355 e. The highest BCUT2D eigenvalue weighted by Crippen LogP contribution is 2.29. The maximum atomic E-state index is 13.9. The Morgan fingerprint density at radius 1 is 1.17 bits per heavy atom. The van der Waals surface area contributed by atoms with Crippen molar-refractivity contribution >= 4 is 34.1 Å². The SMILES string of the molecule is Cn1cc2cc(Nc3nc(=O)n(Cc4ccon4)c(=O)n3Cc3ccc(F)c(C#N)c3)c(Cl)cc2n1. The maximum absolute atomic E-state index is 13.9. The first-order valence-corrected chi connectivity index (χ1v) is 10.9. The van der Waals surface area contributed by atoms with Crippen LogP contribution in [0.25, 0.3) is 10.9 Å². The molecule has 36 heavy (non-hydrogen) atoms. The van der Waals surface area contributed by atoms with E-state index >= 15 is 0 Å². The number of nitrogens with one attached hydrogen (secondary N) is 1. The van der Waals surface area contributed by atoms with E-state index in [4.69, 9.17) is 16.1 Å². The molecule has 13 heteroatoms. The maximum Gasteiger partial charge on any atom is 0.355 e. The van der Waals surface area contributed by atoms with Crippen molar-refractivity contribution in [1.29, 1.82) is 5.26 Å². The second-order valence-electron chi connectivity index (χ2n) is 7.91. The lowest BCUT2D eigenvalue weighted by molar-refractivity contribution is 0.407. The number of anilines is 2. The fourth-order valence-corrected chi connectivity index (χ4v) is 3.91. The summed E-state index contributed by atoms with van der Waals surface area (Å²) in [4.78, 5) is 30.4. The normalized spacial score (nSPS) is 11.1. The molecule has 0 radical (unpaired) electrons.